The smallest absolute Gasteiger partial charge is 0.394 e. The van der Waals surface area contributed by atoms with E-state index in [1.165, 1.54) is 70.3 Å². The predicted octanol–water partition coefficient (Wildman–Crippen LogP) is 6.85. The second kappa shape index (κ2) is 34.5. The summed E-state index contributed by atoms with van der Waals surface area (Å²) in [6, 6.07) is -1.14. The number of aliphatic hydroxyl groups excluding tert-OH is 5. The van der Waals surface area contributed by atoms with Crippen LogP contribution >= 0.6 is 0 Å². The van der Waals surface area contributed by atoms with Crippen molar-refractivity contribution in [2.45, 2.75) is 198 Å². The molecule has 0 spiro atoms. The third-order valence-corrected chi connectivity index (χ3v) is 10.4. The molecule has 0 aliphatic carbocycles. The monoisotopic (exact) mass is 844 g/mol. The van der Waals surface area contributed by atoms with Crippen molar-refractivity contribution in [3.8, 4) is 0 Å². The maximum Gasteiger partial charge on any atom is 0.397 e. The van der Waals surface area contributed by atoms with Gasteiger partial charge in [-0.25, -0.2) is 4.18 Å². The third kappa shape index (κ3) is 26.8. The molecule has 0 radical (unpaired) electrons. The van der Waals surface area contributed by atoms with Gasteiger partial charge in [0.15, 0.2) is 6.29 Å². The van der Waals surface area contributed by atoms with E-state index >= 15 is 0 Å². The topological polar surface area (TPSA) is 212 Å². The number of nitrogens with one attached hydrogen (secondary N) is 1. The summed E-state index contributed by atoms with van der Waals surface area (Å²) < 4.78 is 47.3. The molecule has 1 fully saturated rings. The van der Waals surface area contributed by atoms with Crippen molar-refractivity contribution in [1.29, 1.82) is 0 Å². The Morgan fingerprint density at radius 2 is 1.28 bits per heavy atom. The second-order valence-electron chi connectivity index (χ2n) is 15.0. The average molecular weight is 844 g/mol. The highest BCUT2D eigenvalue weighted by molar-refractivity contribution is 7.80. The molecule has 0 aromatic carbocycles. The van der Waals surface area contributed by atoms with Crippen LogP contribution in [0.15, 0.2) is 60.8 Å². The number of amides is 1. The quantitative estimate of drug-likeness (QED) is 0.0198. The van der Waals surface area contributed by atoms with Crippen LogP contribution in [0.4, 0.5) is 0 Å². The molecule has 8 unspecified atom stereocenters. The summed E-state index contributed by atoms with van der Waals surface area (Å²) in [5.74, 6) is -0.723. The normalized spacial score (nSPS) is 22.2. The number of carbonyl (C=O) groups is 1. The summed E-state index contributed by atoms with van der Waals surface area (Å²) in [6.45, 7) is 2.83. The van der Waals surface area contributed by atoms with Crippen molar-refractivity contribution in [3.05, 3.63) is 60.8 Å². The molecule has 1 rings (SSSR count). The molecule has 13 nitrogen and oxygen atoms in total. The Bertz CT molecular complexity index is 1290. The average Bonchev–Trinajstić information content (AvgIpc) is 3.19. The molecule has 336 valence electrons. The van der Waals surface area contributed by atoms with Gasteiger partial charge in [0.2, 0.25) is 5.91 Å². The van der Waals surface area contributed by atoms with Crippen LogP contribution < -0.4 is 5.32 Å². The Morgan fingerprint density at radius 3 is 1.84 bits per heavy atom. The van der Waals surface area contributed by atoms with Gasteiger partial charge in [0.1, 0.15) is 30.5 Å². The van der Waals surface area contributed by atoms with Crippen molar-refractivity contribution in [2.24, 2.45) is 0 Å². The Hall–Kier alpha value is -2.24. The fraction of sp³-hybridized carbons (Fsp3) is 0.750. The molecule has 1 aliphatic rings. The first-order chi connectivity index (χ1) is 27.9. The van der Waals surface area contributed by atoms with E-state index in [2.05, 4.69) is 52.9 Å². The lowest BCUT2D eigenvalue weighted by molar-refractivity contribution is -0.298. The largest absolute Gasteiger partial charge is 0.397 e. The van der Waals surface area contributed by atoms with Gasteiger partial charge >= 0.3 is 10.4 Å². The number of unbranched alkanes of at least 4 members (excludes halogenated alkanes) is 15. The highest BCUT2D eigenvalue weighted by Gasteiger charge is 2.48. The Labute approximate surface area is 349 Å². The minimum Gasteiger partial charge on any atom is -0.394 e. The van der Waals surface area contributed by atoms with Crippen molar-refractivity contribution >= 4 is 16.3 Å². The van der Waals surface area contributed by atoms with E-state index in [4.69, 9.17) is 14.0 Å². The second-order valence-corrected chi connectivity index (χ2v) is 16.1. The fourth-order valence-electron chi connectivity index (χ4n) is 6.54. The van der Waals surface area contributed by atoms with Gasteiger partial charge < -0.3 is 40.3 Å². The molecule has 0 aromatic heterocycles. The molecule has 14 heteroatoms. The minimum absolute atomic E-state index is 0.230. The predicted molar refractivity (Wildman–Crippen MR) is 228 cm³/mol. The highest BCUT2D eigenvalue weighted by Crippen LogP contribution is 2.26. The molecule has 1 heterocycles. The standard InChI is InChI=1S/C44H77NO12S/c1-3-5-7-9-11-13-14-15-16-17-18-19-20-21-22-23-25-27-29-31-33-38(48)43(51)45-36(37(47)32-30-28-26-24-12-10-8-6-4-2)35-55-44-41(50)42(57-58(52,53)54)40(49)39(34-46)56-44/h4-7,11-13,24,30,32,36-42,44,46-50H,3,8-10,14-23,25-29,31,33-35H2,1-2H3,(H,45,51)(H,52,53,54)/b6-4+,7-5-,13-11-,24-12+,32-30+. The summed E-state index contributed by atoms with van der Waals surface area (Å²) in [5.41, 5.74) is 0. The van der Waals surface area contributed by atoms with E-state index < -0.39 is 78.5 Å². The van der Waals surface area contributed by atoms with Crippen LogP contribution in [-0.4, -0.2) is 107 Å². The summed E-state index contributed by atoms with van der Waals surface area (Å²) in [5, 5.41) is 54.9. The van der Waals surface area contributed by atoms with Gasteiger partial charge in [-0.05, 0) is 64.7 Å². The summed E-state index contributed by atoms with van der Waals surface area (Å²) >= 11 is 0. The van der Waals surface area contributed by atoms with Gasteiger partial charge in [-0.2, -0.15) is 8.42 Å². The Balaban J connectivity index is 2.51. The molecular formula is C44H77NO12S. The maximum atomic E-state index is 13.0. The van der Waals surface area contributed by atoms with Crippen LogP contribution in [0.1, 0.15) is 149 Å². The zero-order valence-electron chi connectivity index (χ0n) is 35.2. The zero-order chi connectivity index (χ0) is 42.9. The summed E-state index contributed by atoms with van der Waals surface area (Å²) in [7, 11) is -5.12. The number of aliphatic hydroxyl groups is 5. The van der Waals surface area contributed by atoms with Gasteiger partial charge in [0.25, 0.3) is 0 Å². The number of allylic oxidation sites excluding steroid dienone is 9. The van der Waals surface area contributed by atoms with Crippen LogP contribution in [0.3, 0.4) is 0 Å². The van der Waals surface area contributed by atoms with Crippen LogP contribution in [0.25, 0.3) is 0 Å². The molecule has 0 aromatic rings. The number of hydrogen-bond acceptors (Lipinski definition) is 11. The van der Waals surface area contributed by atoms with Crippen LogP contribution in [0.2, 0.25) is 0 Å². The van der Waals surface area contributed by atoms with E-state index in [0.717, 1.165) is 51.4 Å². The van der Waals surface area contributed by atoms with E-state index in [1.54, 1.807) is 6.08 Å². The molecule has 1 amide bonds. The van der Waals surface area contributed by atoms with Gasteiger partial charge in [-0.3, -0.25) is 9.35 Å². The van der Waals surface area contributed by atoms with Gasteiger partial charge in [-0.1, -0.05) is 145 Å². The van der Waals surface area contributed by atoms with Crippen molar-refractivity contribution in [1.82, 2.24) is 5.32 Å². The van der Waals surface area contributed by atoms with E-state index in [-0.39, 0.29) is 6.42 Å². The van der Waals surface area contributed by atoms with Crippen molar-refractivity contribution < 1.29 is 57.0 Å². The van der Waals surface area contributed by atoms with Crippen LogP contribution in [0.5, 0.6) is 0 Å². The molecule has 1 aliphatic heterocycles. The summed E-state index contributed by atoms with van der Waals surface area (Å²) in [6.07, 6.45) is 30.7. The molecular weight excluding hydrogens is 767 g/mol. The van der Waals surface area contributed by atoms with Gasteiger partial charge in [-0.15, -0.1) is 0 Å². The van der Waals surface area contributed by atoms with E-state index in [9.17, 15) is 38.7 Å². The first kappa shape index (κ1) is 53.8. The molecule has 1 saturated heterocycles. The number of hydrogen-bond donors (Lipinski definition) is 7. The van der Waals surface area contributed by atoms with Gasteiger partial charge in [0, 0.05) is 0 Å². The third-order valence-electron chi connectivity index (χ3n) is 9.96. The molecule has 8 atom stereocenters. The fourth-order valence-corrected chi connectivity index (χ4v) is 7.04. The minimum atomic E-state index is -5.12. The lowest BCUT2D eigenvalue weighted by atomic mass is 9.99. The lowest BCUT2D eigenvalue weighted by Gasteiger charge is -2.41. The SMILES string of the molecule is C/C=C/CC/C=C/CC/C=C/C(O)C(COC1OC(CO)C(O)C(OS(=O)(=O)O)C1O)NC(=O)C(O)CCCCCCCCCCCCCCC/C=C\C/C=C\CC. The first-order valence-electron chi connectivity index (χ1n) is 21.7. The molecule has 0 saturated carbocycles. The van der Waals surface area contributed by atoms with Crippen LogP contribution in [0, 0.1) is 0 Å². The zero-order valence-corrected chi connectivity index (χ0v) is 36.0. The van der Waals surface area contributed by atoms with Crippen molar-refractivity contribution in [2.75, 3.05) is 13.2 Å². The first-order valence-corrected chi connectivity index (χ1v) is 23.1. The van der Waals surface area contributed by atoms with Crippen molar-refractivity contribution in [3.63, 3.8) is 0 Å². The number of ether oxygens (including phenoxy) is 2. The van der Waals surface area contributed by atoms with E-state index in [1.807, 2.05) is 19.1 Å². The van der Waals surface area contributed by atoms with Crippen LogP contribution in [-0.2, 0) is 28.9 Å². The number of carbonyl (C=O) groups excluding carboxylic acids is 1. The molecule has 7 N–H and O–H groups in total. The van der Waals surface area contributed by atoms with E-state index in [0.29, 0.717) is 12.8 Å². The Kier molecular flexibility index (Phi) is 32.0. The lowest BCUT2D eigenvalue weighted by Crippen LogP contribution is -2.61. The highest BCUT2D eigenvalue weighted by atomic mass is 32.3. The molecule has 58 heavy (non-hydrogen) atoms. The maximum absolute atomic E-state index is 13.0. The Morgan fingerprint density at radius 1 is 0.741 bits per heavy atom. The van der Waals surface area contributed by atoms with Gasteiger partial charge in [0.05, 0.1) is 25.4 Å². The number of rotatable bonds is 35. The summed E-state index contributed by atoms with van der Waals surface area (Å²) in [4.78, 5) is 13.0. The molecule has 0 bridgehead atoms.